The quantitative estimate of drug-likeness (QED) is 0.695. The molecular weight excluding hydrogens is 186 g/mol. The number of benzene rings is 1. The monoisotopic (exact) mass is 195 g/mol. The Hall–Kier alpha value is -1.20. The van der Waals surface area contributed by atoms with Gasteiger partial charge in [0.15, 0.2) is 0 Å². The van der Waals surface area contributed by atoms with E-state index in [1.807, 2.05) is 25.1 Å². The van der Waals surface area contributed by atoms with Crippen LogP contribution in [0.15, 0.2) is 18.2 Å². The fraction of sp³-hybridized carbons (Fsp3) is 0.300. The molecule has 1 aromatic carbocycles. The van der Waals surface area contributed by atoms with E-state index in [4.69, 9.17) is 21.6 Å². The summed E-state index contributed by atoms with van der Waals surface area (Å²) in [7, 11) is 0. The molecule has 68 valence electrons. The Morgan fingerprint density at radius 1 is 1.54 bits per heavy atom. The minimum absolute atomic E-state index is 0.379. The van der Waals surface area contributed by atoms with Gasteiger partial charge >= 0.3 is 0 Å². The van der Waals surface area contributed by atoms with Crippen molar-refractivity contribution < 1.29 is 4.74 Å². The zero-order valence-electron chi connectivity index (χ0n) is 7.38. The summed E-state index contributed by atoms with van der Waals surface area (Å²) in [6, 6.07) is 7.60. The lowest BCUT2D eigenvalue weighted by Gasteiger charge is -2.07. The average molecular weight is 196 g/mol. The number of rotatable bonds is 3. The van der Waals surface area contributed by atoms with Gasteiger partial charge in [0.25, 0.3) is 0 Å². The van der Waals surface area contributed by atoms with Gasteiger partial charge in [-0.2, -0.15) is 5.26 Å². The zero-order valence-corrected chi connectivity index (χ0v) is 8.14. The molecule has 0 aliphatic carbocycles. The summed E-state index contributed by atoms with van der Waals surface area (Å²) in [5, 5.41) is 8.93. The van der Waals surface area contributed by atoms with Crippen molar-refractivity contribution in [3.8, 4) is 11.8 Å². The number of nitrogens with zero attached hydrogens (tertiary/aromatic N) is 1. The number of nitriles is 1. The van der Waals surface area contributed by atoms with Crippen LogP contribution >= 0.6 is 11.6 Å². The van der Waals surface area contributed by atoms with Crippen molar-refractivity contribution in [1.82, 2.24) is 0 Å². The largest absolute Gasteiger partial charge is 0.491 e. The Balaban J connectivity index is 2.67. The molecule has 0 saturated heterocycles. The second-order valence-electron chi connectivity index (χ2n) is 2.64. The molecule has 2 nitrogen and oxygen atoms in total. The zero-order chi connectivity index (χ0) is 9.68. The van der Waals surface area contributed by atoms with Gasteiger partial charge in [-0.1, -0.05) is 23.7 Å². The summed E-state index contributed by atoms with van der Waals surface area (Å²) in [6.07, 6.45) is 0.379. The molecule has 0 radical (unpaired) electrons. The van der Waals surface area contributed by atoms with E-state index in [-0.39, 0.29) is 0 Å². The molecule has 0 amide bonds. The Bertz CT molecular complexity index is 330. The minimum Gasteiger partial charge on any atom is -0.491 e. The molecule has 0 aliphatic rings. The van der Waals surface area contributed by atoms with E-state index in [2.05, 4.69) is 0 Å². The van der Waals surface area contributed by atoms with Crippen LogP contribution in [0.2, 0.25) is 5.02 Å². The Morgan fingerprint density at radius 2 is 2.31 bits per heavy atom. The van der Waals surface area contributed by atoms with Crippen LogP contribution in [0.25, 0.3) is 0 Å². The molecular formula is C10H10ClNO. The lowest BCUT2D eigenvalue weighted by atomic mass is 10.2. The van der Waals surface area contributed by atoms with Crippen LogP contribution in [0.3, 0.4) is 0 Å². The number of halogens is 1. The van der Waals surface area contributed by atoms with Crippen molar-refractivity contribution in [2.75, 3.05) is 6.61 Å². The second-order valence-corrected chi connectivity index (χ2v) is 3.02. The Morgan fingerprint density at radius 3 is 3.00 bits per heavy atom. The van der Waals surface area contributed by atoms with Crippen molar-refractivity contribution in [1.29, 1.82) is 5.26 Å². The predicted octanol–water partition coefficient (Wildman–Crippen LogP) is 2.94. The average Bonchev–Trinajstić information content (AvgIpc) is 2.13. The van der Waals surface area contributed by atoms with E-state index < -0.39 is 0 Å². The lowest BCUT2D eigenvalue weighted by Crippen LogP contribution is -1.96. The first-order valence-electron chi connectivity index (χ1n) is 4.00. The van der Waals surface area contributed by atoms with Crippen LogP contribution < -0.4 is 4.74 Å². The summed E-state index contributed by atoms with van der Waals surface area (Å²) in [5.41, 5.74) is 0.983. The van der Waals surface area contributed by atoms with Crippen molar-refractivity contribution in [2.45, 2.75) is 13.3 Å². The highest BCUT2D eigenvalue weighted by Crippen LogP contribution is 2.27. The second kappa shape index (κ2) is 4.74. The van der Waals surface area contributed by atoms with Crippen LogP contribution in [0, 0.1) is 18.3 Å². The lowest BCUT2D eigenvalue weighted by molar-refractivity contribution is 0.326. The van der Waals surface area contributed by atoms with Gasteiger partial charge < -0.3 is 4.74 Å². The molecule has 1 rings (SSSR count). The Labute approximate surface area is 82.7 Å². The highest BCUT2D eigenvalue weighted by atomic mass is 35.5. The molecule has 0 saturated carbocycles. The summed E-state index contributed by atoms with van der Waals surface area (Å²) in [6.45, 7) is 2.30. The first-order chi connectivity index (χ1) is 6.25. The molecule has 0 fully saturated rings. The van der Waals surface area contributed by atoms with E-state index in [9.17, 15) is 0 Å². The summed E-state index contributed by atoms with van der Waals surface area (Å²) < 4.78 is 5.30. The number of hydrogen-bond acceptors (Lipinski definition) is 2. The molecule has 1 aromatic rings. The highest BCUT2D eigenvalue weighted by Gasteiger charge is 2.02. The van der Waals surface area contributed by atoms with Gasteiger partial charge in [0.05, 0.1) is 17.5 Å². The fourth-order valence-corrected chi connectivity index (χ4v) is 1.12. The van der Waals surface area contributed by atoms with Gasteiger partial charge in [0.1, 0.15) is 12.4 Å². The Kier molecular flexibility index (Phi) is 3.60. The van der Waals surface area contributed by atoms with E-state index >= 15 is 0 Å². The third kappa shape index (κ3) is 2.64. The smallest absolute Gasteiger partial charge is 0.138 e. The molecule has 13 heavy (non-hydrogen) atoms. The van der Waals surface area contributed by atoms with Crippen molar-refractivity contribution >= 4 is 11.6 Å². The molecule has 0 aromatic heterocycles. The van der Waals surface area contributed by atoms with Crippen molar-refractivity contribution in [2.24, 2.45) is 0 Å². The number of ether oxygens (including phenoxy) is 1. The summed E-state index contributed by atoms with van der Waals surface area (Å²) in [4.78, 5) is 0. The van der Waals surface area contributed by atoms with Crippen molar-refractivity contribution in [3.05, 3.63) is 28.8 Å². The van der Waals surface area contributed by atoms with Gasteiger partial charge in [-0.15, -0.1) is 0 Å². The maximum absolute atomic E-state index is 8.31. The maximum atomic E-state index is 8.31. The van der Waals surface area contributed by atoms with Crippen LogP contribution in [0.5, 0.6) is 5.75 Å². The van der Waals surface area contributed by atoms with Gasteiger partial charge in [-0.25, -0.2) is 0 Å². The molecule has 0 atom stereocenters. The summed E-state index contributed by atoms with van der Waals surface area (Å²) in [5.74, 6) is 0.650. The van der Waals surface area contributed by atoms with E-state index in [0.29, 0.717) is 23.8 Å². The predicted molar refractivity (Wildman–Crippen MR) is 51.9 cm³/mol. The van der Waals surface area contributed by atoms with Gasteiger partial charge in [0, 0.05) is 0 Å². The van der Waals surface area contributed by atoms with Gasteiger partial charge in [-0.3, -0.25) is 0 Å². The summed E-state index contributed by atoms with van der Waals surface area (Å²) >= 11 is 5.96. The van der Waals surface area contributed by atoms with Gasteiger partial charge in [0.2, 0.25) is 0 Å². The van der Waals surface area contributed by atoms with E-state index in [1.54, 1.807) is 6.07 Å². The minimum atomic E-state index is 0.379. The standard InChI is InChI=1S/C10H10ClNO/c1-8-4-2-5-9(10(8)11)13-7-3-6-12/h2,4-5H,3,7H2,1H3. The maximum Gasteiger partial charge on any atom is 0.138 e. The fourth-order valence-electron chi connectivity index (χ4n) is 0.939. The molecule has 3 heteroatoms. The van der Waals surface area contributed by atoms with E-state index in [1.165, 1.54) is 0 Å². The van der Waals surface area contributed by atoms with Crippen LogP contribution in [-0.2, 0) is 0 Å². The molecule has 0 aliphatic heterocycles. The topological polar surface area (TPSA) is 33.0 Å². The molecule has 0 bridgehead atoms. The number of hydrogen-bond donors (Lipinski definition) is 0. The normalized spacial score (nSPS) is 9.31. The highest BCUT2D eigenvalue weighted by molar-refractivity contribution is 6.32. The number of aryl methyl sites for hydroxylation is 1. The molecule has 0 spiro atoms. The van der Waals surface area contributed by atoms with Crippen LogP contribution in [0.4, 0.5) is 0 Å². The molecule has 0 unspecified atom stereocenters. The SMILES string of the molecule is Cc1cccc(OCCC#N)c1Cl. The van der Waals surface area contributed by atoms with Crippen LogP contribution in [0.1, 0.15) is 12.0 Å². The third-order valence-corrected chi connectivity index (χ3v) is 2.11. The van der Waals surface area contributed by atoms with Gasteiger partial charge in [-0.05, 0) is 18.6 Å². The van der Waals surface area contributed by atoms with Crippen molar-refractivity contribution in [3.63, 3.8) is 0 Å². The third-order valence-electron chi connectivity index (χ3n) is 1.63. The first-order valence-corrected chi connectivity index (χ1v) is 4.38. The first kappa shape index (κ1) is 9.88. The van der Waals surface area contributed by atoms with Crippen LogP contribution in [-0.4, -0.2) is 6.61 Å². The molecule has 0 heterocycles. The van der Waals surface area contributed by atoms with E-state index in [0.717, 1.165) is 5.56 Å². The molecule has 0 N–H and O–H groups in total.